The fraction of sp³-hybridized carbons (Fsp3) is 0.333. The first-order valence-electron chi connectivity index (χ1n) is 8.91. The van der Waals surface area contributed by atoms with E-state index in [2.05, 4.69) is 4.72 Å². The number of nitrogens with one attached hydrogen (secondary N) is 1. The first kappa shape index (κ1) is 23.3. The standard InChI is InChI=1S/C18H19F3N2O6S2/c1-28-16-7-4-14(12-17(16)31(26,27)23-8-10-29-11-9-23)22-30(24,25)15-5-2-13(3-6-15)18(19,20)21/h2-7,12,22H,8-11H2,1H3. The van der Waals surface area contributed by atoms with Gasteiger partial charge in [0.2, 0.25) is 10.0 Å². The maximum absolute atomic E-state index is 13.0. The Kier molecular flexibility index (Phi) is 6.51. The van der Waals surface area contributed by atoms with Gasteiger partial charge in [-0.1, -0.05) is 0 Å². The molecule has 0 bridgehead atoms. The van der Waals surface area contributed by atoms with Crippen molar-refractivity contribution in [3.63, 3.8) is 0 Å². The van der Waals surface area contributed by atoms with Crippen molar-refractivity contribution in [3.05, 3.63) is 48.0 Å². The normalized spacial score (nSPS) is 16.1. The minimum Gasteiger partial charge on any atom is -0.495 e. The zero-order valence-corrected chi connectivity index (χ0v) is 17.8. The Balaban J connectivity index is 1.92. The van der Waals surface area contributed by atoms with E-state index in [1.807, 2.05) is 0 Å². The molecule has 0 atom stereocenters. The van der Waals surface area contributed by atoms with Gasteiger partial charge >= 0.3 is 6.18 Å². The highest BCUT2D eigenvalue weighted by Crippen LogP contribution is 2.32. The Labute approximate surface area is 177 Å². The smallest absolute Gasteiger partial charge is 0.416 e. The third kappa shape index (κ3) is 5.11. The molecule has 1 aliphatic rings. The van der Waals surface area contributed by atoms with Gasteiger partial charge in [-0.3, -0.25) is 4.72 Å². The SMILES string of the molecule is COc1ccc(NS(=O)(=O)c2ccc(C(F)(F)F)cc2)cc1S(=O)(=O)N1CCOCC1. The summed E-state index contributed by atoms with van der Waals surface area (Å²) in [5.41, 5.74) is -1.08. The lowest BCUT2D eigenvalue weighted by molar-refractivity contribution is -0.137. The highest BCUT2D eigenvalue weighted by molar-refractivity contribution is 7.92. The molecule has 1 N–H and O–H groups in total. The van der Waals surface area contributed by atoms with Crippen molar-refractivity contribution in [1.29, 1.82) is 0 Å². The number of nitrogens with zero attached hydrogens (tertiary/aromatic N) is 1. The molecule has 0 aromatic heterocycles. The van der Waals surface area contributed by atoms with Crippen LogP contribution in [0.4, 0.5) is 18.9 Å². The molecule has 31 heavy (non-hydrogen) atoms. The summed E-state index contributed by atoms with van der Waals surface area (Å²) in [6, 6.07) is 6.62. The quantitative estimate of drug-likeness (QED) is 0.682. The lowest BCUT2D eigenvalue weighted by Crippen LogP contribution is -2.40. The highest BCUT2D eigenvalue weighted by Gasteiger charge is 2.32. The van der Waals surface area contributed by atoms with Gasteiger partial charge in [0, 0.05) is 13.1 Å². The fourth-order valence-electron chi connectivity index (χ4n) is 2.90. The molecule has 0 radical (unpaired) electrons. The second kappa shape index (κ2) is 8.65. The second-order valence-electron chi connectivity index (χ2n) is 6.51. The molecule has 0 spiro atoms. The molecule has 0 amide bonds. The summed E-state index contributed by atoms with van der Waals surface area (Å²) in [5, 5.41) is 0. The summed E-state index contributed by atoms with van der Waals surface area (Å²) in [5.74, 6) is 0.0176. The molecule has 3 rings (SSSR count). The van der Waals surface area contributed by atoms with Gasteiger partial charge in [0.15, 0.2) is 0 Å². The van der Waals surface area contributed by atoms with Crippen LogP contribution in [0.2, 0.25) is 0 Å². The van der Waals surface area contributed by atoms with E-state index in [4.69, 9.17) is 9.47 Å². The molecular weight excluding hydrogens is 461 g/mol. The summed E-state index contributed by atoms with van der Waals surface area (Å²) in [4.78, 5) is -0.654. The summed E-state index contributed by atoms with van der Waals surface area (Å²) in [6.45, 7) is 0.712. The van der Waals surface area contributed by atoms with Crippen LogP contribution >= 0.6 is 0 Å². The van der Waals surface area contributed by atoms with Gasteiger partial charge in [0.05, 0.1) is 36.5 Å². The predicted octanol–water partition coefficient (Wildman–Crippen LogP) is 2.54. The average molecular weight is 480 g/mol. The molecule has 8 nitrogen and oxygen atoms in total. The number of rotatable bonds is 6. The zero-order valence-electron chi connectivity index (χ0n) is 16.2. The van der Waals surface area contributed by atoms with Crippen LogP contribution in [0.1, 0.15) is 5.56 Å². The van der Waals surface area contributed by atoms with Crippen molar-refractivity contribution in [2.75, 3.05) is 38.1 Å². The van der Waals surface area contributed by atoms with Gasteiger partial charge in [0.25, 0.3) is 10.0 Å². The van der Waals surface area contributed by atoms with Gasteiger partial charge in [-0.05, 0) is 42.5 Å². The largest absolute Gasteiger partial charge is 0.495 e. The molecule has 1 fully saturated rings. The van der Waals surface area contributed by atoms with Gasteiger partial charge in [-0.25, -0.2) is 16.8 Å². The third-order valence-corrected chi connectivity index (χ3v) is 7.81. The molecule has 1 heterocycles. The van der Waals surface area contributed by atoms with Crippen molar-refractivity contribution in [1.82, 2.24) is 4.31 Å². The third-order valence-electron chi connectivity index (χ3n) is 4.50. The van der Waals surface area contributed by atoms with Crippen LogP contribution in [0.25, 0.3) is 0 Å². The summed E-state index contributed by atoms with van der Waals surface area (Å²) in [6.07, 6.45) is -4.60. The van der Waals surface area contributed by atoms with E-state index in [-0.39, 0.29) is 42.6 Å². The Hall–Kier alpha value is -2.35. The van der Waals surface area contributed by atoms with Gasteiger partial charge in [-0.15, -0.1) is 0 Å². The maximum atomic E-state index is 13.0. The lowest BCUT2D eigenvalue weighted by Gasteiger charge is -2.26. The van der Waals surface area contributed by atoms with Gasteiger partial charge in [0.1, 0.15) is 10.6 Å². The van der Waals surface area contributed by atoms with Gasteiger partial charge in [-0.2, -0.15) is 17.5 Å². The van der Waals surface area contributed by atoms with Crippen LogP contribution in [0, 0.1) is 0 Å². The number of morpholine rings is 1. The van der Waals surface area contributed by atoms with Gasteiger partial charge < -0.3 is 9.47 Å². The lowest BCUT2D eigenvalue weighted by atomic mass is 10.2. The van der Waals surface area contributed by atoms with E-state index < -0.39 is 36.7 Å². The Morgan fingerprint density at radius 3 is 2.16 bits per heavy atom. The summed E-state index contributed by atoms with van der Waals surface area (Å²) >= 11 is 0. The molecule has 1 aliphatic heterocycles. The van der Waals surface area contributed by atoms with Crippen LogP contribution in [0.15, 0.2) is 52.3 Å². The zero-order chi connectivity index (χ0) is 22.9. The number of hydrogen-bond donors (Lipinski definition) is 1. The Morgan fingerprint density at radius 1 is 1.00 bits per heavy atom. The van der Waals surface area contributed by atoms with E-state index in [0.29, 0.717) is 12.1 Å². The van der Waals surface area contributed by atoms with Crippen molar-refractivity contribution >= 4 is 25.7 Å². The van der Waals surface area contributed by atoms with E-state index in [1.165, 1.54) is 23.5 Å². The number of anilines is 1. The van der Waals surface area contributed by atoms with E-state index in [9.17, 15) is 30.0 Å². The second-order valence-corrected chi connectivity index (χ2v) is 10.1. The molecule has 13 heteroatoms. The number of alkyl halides is 3. The molecule has 0 saturated carbocycles. The number of halogens is 3. The minimum atomic E-state index is -4.60. The van der Waals surface area contributed by atoms with E-state index >= 15 is 0 Å². The minimum absolute atomic E-state index is 0.0176. The summed E-state index contributed by atoms with van der Waals surface area (Å²) < 4.78 is 103. The monoisotopic (exact) mass is 480 g/mol. The number of methoxy groups -OCH3 is 1. The van der Waals surface area contributed by atoms with Crippen LogP contribution in [-0.2, 0) is 31.0 Å². The van der Waals surface area contributed by atoms with Crippen LogP contribution in [-0.4, -0.2) is 54.6 Å². The first-order chi connectivity index (χ1) is 14.4. The van der Waals surface area contributed by atoms with Crippen LogP contribution < -0.4 is 9.46 Å². The molecule has 2 aromatic carbocycles. The number of benzene rings is 2. The van der Waals surface area contributed by atoms with E-state index in [1.54, 1.807) is 0 Å². The van der Waals surface area contributed by atoms with Crippen molar-refractivity contribution in [3.8, 4) is 5.75 Å². The molecular formula is C18H19F3N2O6S2. The topological polar surface area (TPSA) is 102 Å². The predicted molar refractivity (Wildman–Crippen MR) is 105 cm³/mol. The number of ether oxygens (including phenoxy) is 2. The highest BCUT2D eigenvalue weighted by atomic mass is 32.2. The van der Waals surface area contributed by atoms with Crippen LogP contribution in [0.3, 0.4) is 0 Å². The number of sulfonamides is 2. The Bertz CT molecular complexity index is 1140. The first-order valence-corrected chi connectivity index (χ1v) is 11.8. The maximum Gasteiger partial charge on any atom is 0.416 e. The molecule has 0 unspecified atom stereocenters. The number of hydrogen-bond acceptors (Lipinski definition) is 6. The molecule has 2 aromatic rings. The van der Waals surface area contributed by atoms with Crippen LogP contribution in [0.5, 0.6) is 5.75 Å². The fourth-order valence-corrected chi connectivity index (χ4v) is 5.54. The van der Waals surface area contributed by atoms with E-state index in [0.717, 1.165) is 18.2 Å². The summed E-state index contributed by atoms with van der Waals surface area (Å²) in [7, 11) is -6.99. The Morgan fingerprint density at radius 2 is 1.61 bits per heavy atom. The molecule has 170 valence electrons. The van der Waals surface area contributed by atoms with Crippen molar-refractivity contribution < 1.29 is 39.5 Å². The molecule has 1 saturated heterocycles. The van der Waals surface area contributed by atoms with Crippen molar-refractivity contribution in [2.24, 2.45) is 0 Å². The molecule has 0 aliphatic carbocycles. The van der Waals surface area contributed by atoms with Crippen molar-refractivity contribution in [2.45, 2.75) is 16.0 Å². The average Bonchev–Trinajstić information content (AvgIpc) is 2.73.